The number of fused-ring (bicyclic) bond motifs is 1. The number of imidazole rings is 1. The van der Waals surface area contributed by atoms with Crippen molar-refractivity contribution in [1.29, 1.82) is 0 Å². The average Bonchev–Trinajstić information content (AvgIpc) is 2.82. The van der Waals surface area contributed by atoms with Gasteiger partial charge in [0.1, 0.15) is 0 Å². The molecule has 0 atom stereocenters. The number of rotatable bonds is 6. The van der Waals surface area contributed by atoms with E-state index in [4.69, 9.17) is 4.74 Å². The molecule has 0 saturated carbocycles. The molecule has 1 aromatic heterocycles. The number of carboxylic acids is 1. The van der Waals surface area contributed by atoms with Gasteiger partial charge in [-0.2, -0.15) is 0 Å². The summed E-state index contributed by atoms with van der Waals surface area (Å²) in [5.74, 6) is -1.22. The quantitative estimate of drug-likeness (QED) is 0.817. The summed E-state index contributed by atoms with van der Waals surface area (Å²) >= 11 is 0. The number of aryl methyl sites for hydroxylation is 1. The van der Waals surface area contributed by atoms with Crippen LogP contribution in [0.4, 0.5) is 0 Å². The van der Waals surface area contributed by atoms with Crippen molar-refractivity contribution < 1.29 is 19.4 Å². The SMILES string of the molecule is CCOC(=O)CCCn1cnc2cccc(C(=O)O)c21. The van der Waals surface area contributed by atoms with Crippen LogP contribution in [0.3, 0.4) is 0 Å². The molecular weight excluding hydrogens is 260 g/mol. The van der Waals surface area contributed by atoms with E-state index >= 15 is 0 Å². The zero-order valence-electron chi connectivity index (χ0n) is 11.2. The lowest BCUT2D eigenvalue weighted by atomic mass is 10.2. The van der Waals surface area contributed by atoms with Gasteiger partial charge in [-0.25, -0.2) is 9.78 Å². The normalized spacial score (nSPS) is 10.7. The molecule has 0 radical (unpaired) electrons. The Morgan fingerprint density at radius 1 is 1.40 bits per heavy atom. The molecule has 0 unspecified atom stereocenters. The third kappa shape index (κ3) is 2.96. The number of carbonyl (C=O) groups excluding carboxylic acids is 1. The summed E-state index contributed by atoms with van der Waals surface area (Å²) in [6.45, 7) is 2.66. The molecule has 0 aliphatic heterocycles. The molecule has 106 valence electrons. The molecular formula is C14H16N2O4. The van der Waals surface area contributed by atoms with E-state index in [2.05, 4.69) is 4.98 Å². The van der Waals surface area contributed by atoms with Crippen molar-refractivity contribution in [3.8, 4) is 0 Å². The second kappa shape index (κ2) is 6.18. The fraction of sp³-hybridized carbons (Fsp3) is 0.357. The molecule has 6 heteroatoms. The molecule has 2 aromatic rings. The number of hydrogen-bond acceptors (Lipinski definition) is 4. The molecule has 2 rings (SSSR count). The maximum absolute atomic E-state index is 11.3. The highest BCUT2D eigenvalue weighted by atomic mass is 16.5. The molecule has 6 nitrogen and oxygen atoms in total. The lowest BCUT2D eigenvalue weighted by Gasteiger charge is -2.06. The lowest BCUT2D eigenvalue weighted by molar-refractivity contribution is -0.143. The van der Waals surface area contributed by atoms with E-state index in [1.165, 1.54) is 0 Å². The van der Waals surface area contributed by atoms with Crippen molar-refractivity contribution in [2.45, 2.75) is 26.3 Å². The molecule has 0 saturated heterocycles. The number of carboxylic acid groups (broad SMARTS) is 1. The number of aromatic nitrogens is 2. The zero-order valence-corrected chi connectivity index (χ0v) is 11.2. The molecule has 0 aliphatic rings. The first-order valence-corrected chi connectivity index (χ1v) is 6.46. The van der Waals surface area contributed by atoms with Gasteiger partial charge in [0, 0.05) is 13.0 Å². The number of carbonyl (C=O) groups is 2. The molecule has 0 bridgehead atoms. The minimum absolute atomic E-state index is 0.219. The van der Waals surface area contributed by atoms with Gasteiger partial charge in [0.05, 0.1) is 29.5 Å². The highest BCUT2D eigenvalue weighted by molar-refractivity contribution is 6.01. The van der Waals surface area contributed by atoms with Crippen LogP contribution >= 0.6 is 0 Å². The van der Waals surface area contributed by atoms with Gasteiger partial charge in [0.2, 0.25) is 0 Å². The van der Waals surface area contributed by atoms with Crippen LogP contribution in [0.25, 0.3) is 11.0 Å². The van der Waals surface area contributed by atoms with Crippen molar-refractivity contribution in [3.05, 3.63) is 30.1 Å². The Labute approximate surface area is 116 Å². The van der Waals surface area contributed by atoms with Gasteiger partial charge in [-0.1, -0.05) is 6.07 Å². The van der Waals surface area contributed by atoms with Crippen molar-refractivity contribution in [2.24, 2.45) is 0 Å². The predicted octanol–water partition coefficient (Wildman–Crippen LogP) is 2.08. The van der Waals surface area contributed by atoms with E-state index in [9.17, 15) is 14.7 Å². The minimum Gasteiger partial charge on any atom is -0.478 e. The summed E-state index contributed by atoms with van der Waals surface area (Å²) in [4.78, 5) is 26.7. The fourth-order valence-corrected chi connectivity index (χ4v) is 2.10. The Morgan fingerprint density at radius 2 is 2.20 bits per heavy atom. The van der Waals surface area contributed by atoms with Gasteiger partial charge in [-0.3, -0.25) is 4.79 Å². The Bertz CT molecular complexity index is 633. The number of ether oxygens (including phenoxy) is 1. The van der Waals surface area contributed by atoms with E-state index in [1.807, 2.05) is 0 Å². The highest BCUT2D eigenvalue weighted by Gasteiger charge is 2.13. The van der Waals surface area contributed by atoms with Crippen molar-refractivity contribution in [2.75, 3.05) is 6.61 Å². The number of nitrogens with zero attached hydrogens (tertiary/aromatic N) is 2. The predicted molar refractivity (Wildman–Crippen MR) is 72.6 cm³/mol. The molecule has 1 N–H and O–H groups in total. The van der Waals surface area contributed by atoms with E-state index in [0.717, 1.165) is 0 Å². The maximum Gasteiger partial charge on any atom is 0.337 e. The van der Waals surface area contributed by atoms with Gasteiger partial charge in [0.15, 0.2) is 0 Å². The number of hydrogen-bond donors (Lipinski definition) is 1. The number of benzene rings is 1. The number of para-hydroxylation sites is 1. The van der Waals surface area contributed by atoms with Crippen LogP contribution in [0.15, 0.2) is 24.5 Å². The smallest absolute Gasteiger partial charge is 0.337 e. The maximum atomic E-state index is 11.3. The Kier molecular flexibility index (Phi) is 4.34. The van der Waals surface area contributed by atoms with Gasteiger partial charge in [0.25, 0.3) is 0 Å². The number of aromatic carboxylic acids is 1. The largest absolute Gasteiger partial charge is 0.478 e. The summed E-state index contributed by atoms with van der Waals surface area (Å²) in [7, 11) is 0. The van der Waals surface area contributed by atoms with E-state index < -0.39 is 5.97 Å². The van der Waals surface area contributed by atoms with Gasteiger partial charge < -0.3 is 14.4 Å². The first-order chi connectivity index (χ1) is 9.63. The highest BCUT2D eigenvalue weighted by Crippen LogP contribution is 2.18. The molecule has 0 amide bonds. The second-order valence-electron chi connectivity index (χ2n) is 4.32. The molecule has 1 heterocycles. The fourth-order valence-electron chi connectivity index (χ4n) is 2.10. The third-order valence-corrected chi connectivity index (χ3v) is 2.95. The van der Waals surface area contributed by atoms with Crippen LogP contribution in [0, 0.1) is 0 Å². The van der Waals surface area contributed by atoms with E-state index in [-0.39, 0.29) is 11.5 Å². The lowest BCUT2D eigenvalue weighted by Crippen LogP contribution is -2.07. The number of esters is 1. The van der Waals surface area contributed by atoms with Crippen LogP contribution in [0.2, 0.25) is 0 Å². The van der Waals surface area contributed by atoms with Crippen LogP contribution in [0.5, 0.6) is 0 Å². The van der Waals surface area contributed by atoms with E-state index in [1.54, 1.807) is 36.0 Å². The second-order valence-corrected chi connectivity index (χ2v) is 4.32. The Balaban J connectivity index is 2.14. The first kappa shape index (κ1) is 14.0. The average molecular weight is 276 g/mol. The van der Waals surface area contributed by atoms with E-state index in [0.29, 0.717) is 37.0 Å². The molecule has 0 fully saturated rings. The minimum atomic E-state index is -0.984. The molecule has 0 aliphatic carbocycles. The van der Waals surface area contributed by atoms with Crippen LogP contribution < -0.4 is 0 Å². The summed E-state index contributed by atoms with van der Waals surface area (Å²) < 4.78 is 6.61. The van der Waals surface area contributed by atoms with Gasteiger partial charge in [-0.05, 0) is 25.5 Å². The summed E-state index contributed by atoms with van der Waals surface area (Å²) in [6.07, 6.45) is 2.49. The van der Waals surface area contributed by atoms with Crippen molar-refractivity contribution >= 4 is 23.0 Å². The summed E-state index contributed by atoms with van der Waals surface area (Å²) in [5.41, 5.74) is 1.45. The third-order valence-electron chi connectivity index (χ3n) is 2.95. The van der Waals surface area contributed by atoms with Gasteiger partial charge in [-0.15, -0.1) is 0 Å². The summed E-state index contributed by atoms with van der Waals surface area (Å²) in [5, 5.41) is 9.19. The molecule has 1 aromatic carbocycles. The Morgan fingerprint density at radius 3 is 2.90 bits per heavy atom. The van der Waals surface area contributed by atoms with Crippen LogP contribution in [-0.2, 0) is 16.1 Å². The van der Waals surface area contributed by atoms with Gasteiger partial charge >= 0.3 is 11.9 Å². The summed E-state index contributed by atoms with van der Waals surface area (Å²) in [6, 6.07) is 4.99. The standard InChI is InChI=1S/C14H16N2O4/c1-2-20-12(17)7-4-8-16-9-15-11-6-3-5-10(13(11)16)14(18)19/h3,5-6,9H,2,4,7-8H2,1H3,(H,18,19). The first-order valence-electron chi connectivity index (χ1n) is 6.46. The monoisotopic (exact) mass is 276 g/mol. The molecule has 0 spiro atoms. The Hall–Kier alpha value is -2.37. The zero-order chi connectivity index (χ0) is 14.5. The van der Waals surface area contributed by atoms with Crippen molar-refractivity contribution in [3.63, 3.8) is 0 Å². The van der Waals surface area contributed by atoms with Crippen LogP contribution in [-0.4, -0.2) is 33.2 Å². The molecule has 20 heavy (non-hydrogen) atoms. The van der Waals surface area contributed by atoms with Crippen molar-refractivity contribution in [1.82, 2.24) is 9.55 Å². The topological polar surface area (TPSA) is 81.4 Å². The van der Waals surface area contributed by atoms with Crippen LogP contribution in [0.1, 0.15) is 30.1 Å².